The van der Waals surface area contributed by atoms with Crippen molar-refractivity contribution in [3.05, 3.63) is 0 Å². The average Bonchev–Trinajstić information content (AvgIpc) is 2.49. The van der Waals surface area contributed by atoms with Crippen LogP contribution in [0.15, 0.2) is 0 Å². The Morgan fingerprint density at radius 3 is 2.52 bits per heavy atom. The van der Waals surface area contributed by atoms with Gasteiger partial charge in [0, 0.05) is 25.0 Å². The first-order chi connectivity index (χ1) is 10.8. The molecule has 134 valence electrons. The second-order valence-corrected chi connectivity index (χ2v) is 9.07. The lowest BCUT2D eigenvalue weighted by atomic mass is 9.88. The Hall–Kier alpha value is -0.660. The van der Waals surface area contributed by atoms with Gasteiger partial charge in [0.15, 0.2) is 0 Å². The van der Waals surface area contributed by atoms with Crippen molar-refractivity contribution in [3.63, 3.8) is 0 Å². The molecule has 0 bridgehead atoms. The summed E-state index contributed by atoms with van der Waals surface area (Å²) in [6.07, 6.45) is 4.99. The fourth-order valence-corrected chi connectivity index (χ4v) is 4.89. The van der Waals surface area contributed by atoms with Gasteiger partial charge in [0.25, 0.3) is 0 Å². The number of rotatable bonds is 5. The quantitative estimate of drug-likeness (QED) is 0.780. The number of amides is 1. The molecule has 2 atom stereocenters. The second-order valence-electron chi connectivity index (χ2n) is 7.32. The molecule has 1 saturated carbocycles. The van der Waals surface area contributed by atoms with E-state index in [-0.39, 0.29) is 17.9 Å². The molecule has 1 saturated heterocycles. The van der Waals surface area contributed by atoms with Crippen LogP contribution < -0.4 is 4.72 Å². The van der Waals surface area contributed by atoms with E-state index in [0.717, 1.165) is 38.5 Å². The van der Waals surface area contributed by atoms with Crippen molar-refractivity contribution in [2.75, 3.05) is 18.8 Å². The molecule has 7 heteroatoms. The van der Waals surface area contributed by atoms with Crippen molar-refractivity contribution in [1.82, 2.24) is 9.62 Å². The molecule has 2 fully saturated rings. The van der Waals surface area contributed by atoms with E-state index in [1.807, 2.05) is 0 Å². The van der Waals surface area contributed by atoms with Crippen molar-refractivity contribution < 1.29 is 18.3 Å². The highest BCUT2D eigenvalue weighted by Gasteiger charge is 2.30. The molecule has 2 aliphatic rings. The van der Waals surface area contributed by atoms with E-state index < -0.39 is 21.9 Å². The first kappa shape index (κ1) is 18.7. The molecule has 2 rings (SSSR count). The van der Waals surface area contributed by atoms with Gasteiger partial charge in [-0.05, 0) is 51.4 Å². The molecule has 0 aromatic carbocycles. The normalized spacial score (nSPS) is 30.9. The highest BCUT2D eigenvalue weighted by atomic mass is 32.2. The van der Waals surface area contributed by atoms with E-state index in [4.69, 9.17) is 0 Å². The van der Waals surface area contributed by atoms with Crippen LogP contribution in [0.5, 0.6) is 0 Å². The average molecular weight is 346 g/mol. The molecule has 0 unspecified atom stereocenters. The van der Waals surface area contributed by atoms with Crippen molar-refractivity contribution in [2.45, 2.75) is 64.5 Å². The third kappa shape index (κ3) is 5.72. The van der Waals surface area contributed by atoms with Crippen molar-refractivity contribution in [2.24, 2.45) is 11.8 Å². The number of aliphatic hydroxyl groups is 1. The van der Waals surface area contributed by atoms with Crippen LogP contribution in [-0.4, -0.2) is 55.3 Å². The topological polar surface area (TPSA) is 86.7 Å². The number of sulfonamides is 1. The standard InChI is InChI=1S/C16H30N2O4S/c1-12-5-7-15(8-6-12)17-23(21,22)11-16(20)18-9-3-4-14(10-18)13(2)19/h12-15,17,19H,3-11H2,1-2H3/t12?,13-,14+,15?/m1/s1. The number of piperidine rings is 1. The minimum atomic E-state index is -3.59. The van der Waals surface area contributed by atoms with Crippen LogP contribution in [0.25, 0.3) is 0 Å². The molecule has 0 aromatic rings. The van der Waals surface area contributed by atoms with Crippen LogP contribution >= 0.6 is 0 Å². The number of aliphatic hydroxyl groups excluding tert-OH is 1. The Bertz CT molecular complexity index is 498. The van der Waals surface area contributed by atoms with Crippen LogP contribution in [0, 0.1) is 11.8 Å². The van der Waals surface area contributed by atoms with E-state index in [2.05, 4.69) is 11.6 Å². The van der Waals surface area contributed by atoms with Gasteiger partial charge in [-0.1, -0.05) is 6.92 Å². The first-order valence-corrected chi connectivity index (χ1v) is 10.4. The summed E-state index contributed by atoms with van der Waals surface area (Å²) in [5.74, 6) is -0.135. The van der Waals surface area contributed by atoms with Gasteiger partial charge in [0.05, 0.1) is 6.10 Å². The predicted octanol–water partition coefficient (Wildman–Crippen LogP) is 1.10. The Kier molecular flexibility index (Phi) is 6.45. The van der Waals surface area contributed by atoms with E-state index in [1.54, 1.807) is 11.8 Å². The second kappa shape index (κ2) is 7.94. The zero-order valence-electron chi connectivity index (χ0n) is 14.2. The molecular formula is C16H30N2O4S. The molecule has 0 spiro atoms. The Morgan fingerprint density at radius 1 is 1.26 bits per heavy atom. The highest BCUT2D eigenvalue weighted by Crippen LogP contribution is 2.24. The number of hydrogen-bond donors (Lipinski definition) is 2. The number of carbonyl (C=O) groups is 1. The van der Waals surface area contributed by atoms with Gasteiger partial charge < -0.3 is 10.0 Å². The maximum Gasteiger partial charge on any atom is 0.239 e. The fourth-order valence-electron chi connectivity index (χ4n) is 3.56. The van der Waals surface area contributed by atoms with Crippen LogP contribution in [0.1, 0.15) is 52.4 Å². The summed E-state index contributed by atoms with van der Waals surface area (Å²) < 4.78 is 27.2. The van der Waals surface area contributed by atoms with Gasteiger partial charge in [-0.25, -0.2) is 13.1 Å². The molecule has 0 radical (unpaired) electrons. The summed E-state index contributed by atoms with van der Waals surface area (Å²) in [5.41, 5.74) is 0. The Labute approximate surface area is 139 Å². The van der Waals surface area contributed by atoms with E-state index >= 15 is 0 Å². The monoisotopic (exact) mass is 346 g/mol. The molecule has 1 heterocycles. The number of nitrogens with one attached hydrogen (secondary N) is 1. The minimum Gasteiger partial charge on any atom is -0.393 e. The van der Waals surface area contributed by atoms with E-state index in [9.17, 15) is 18.3 Å². The summed E-state index contributed by atoms with van der Waals surface area (Å²) in [5, 5.41) is 9.68. The number of hydrogen-bond acceptors (Lipinski definition) is 4. The van der Waals surface area contributed by atoms with E-state index in [0.29, 0.717) is 19.0 Å². The van der Waals surface area contributed by atoms with Crippen molar-refractivity contribution >= 4 is 15.9 Å². The van der Waals surface area contributed by atoms with Crippen LogP contribution in [0.3, 0.4) is 0 Å². The molecule has 23 heavy (non-hydrogen) atoms. The third-order valence-electron chi connectivity index (χ3n) is 5.17. The van der Waals surface area contributed by atoms with Crippen molar-refractivity contribution in [3.8, 4) is 0 Å². The van der Waals surface area contributed by atoms with Crippen molar-refractivity contribution in [1.29, 1.82) is 0 Å². The molecule has 1 aliphatic carbocycles. The molecule has 1 aliphatic heterocycles. The summed E-state index contributed by atoms with van der Waals surface area (Å²) in [6, 6.07) is -0.0319. The highest BCUT2D eigenvalue weighted by molar-refractivity contribution is 7.90. The van der Waals surface area contributed by atoms with Gasteiger partial charge in [0.1, 0.15) is 5.75 Å². The van der Waals surface area contributed by atoms with Gasteiger partial charge in [-0.15, -0.1) is 0 Å². The number of likely N-dealkylation sites (tertiary alicyclic amines) is 1. The van der Waals surface area contributed by atoms with Crippen LogP contribution in [-0.2, 0) is 14.8 Å². The third-order valence-corrected chi connectivity index (χ3v) is 6.49. The predicted molar refractivity (Wildman–Crippen MR) is 89.3 cm³/mol. The zero-order chi connectivity index (χ0) is 17.0. The molecule has 1 amide bonds. The largest absolute Gasteiger partial charge is 0.393 e. The van der Waals surface area contributed by atoms with Gasteiger partial charge in [0.2, 0.25) is 15.9 Å². The Morgan fingerprint density at radius 2 is 1.91 bits per heavy atom. The minimum absolute atomic E-state index is 0.0319. The summed E-state index contributed by atoms with van der Waals surface area (Å²) in [7, 11) is -3.59. The lowest BCUT2D eigenvalue weighted by molar-refractivity contribution is -0.131. The maximum atomic E-state index is 12.3. The number of nitrogens with zero attached hydrogens (tertiary/aromatic N) is 1. The fraction of sp³-hybridized carbons (Fsp3) is 0.938. The molecule has 6 nitrogen and oxygen atoms in total. The molecule has 2 N–H and O–H groups in total. The maximum absolute atomic E-state index is 12.3. The van der Waals surface area contributed by atoms with E-state index in [1.165, 1.54) is 0 Å². The van der Waals surface area contributed by atoms with Crippen LogP contribution in [0.4, 0.5) is 0 Å². The SMILES string of the molecule is CC1CCC(NS(=O)(=O)CC(=O)N2CCC[C@H]([C@@H](C)O)C2)CC1. The summed E-state index contributed by atoms with van der Waals surface area (Å²) >= 11 is 0. The Balaban J connectivity index is 1.85. The lowest BCUT2D eigenvalue weighted by Gasteiger charge is -2.34. The smallest absolute Gasteiger partial charge is 0.239 e. The van der Waals surface area contributed by atoms with Gasteiger partial charge in [-0.2, -0.15) is 0 Å². The molecular weight excluding hydrogens is 316 g/mol. The first-order valence-electron chi connectivity index (χ1n) is 8.72. The van der Waals surface area contributed by atoms with Gasteiger partial charge in [-0.3, -0.25) is 4.79 Å². The van der Waals surface area contributed by atoms with Crippen LogP contribution in [0.2, 0.25) is 0 Å². The lowest BCUT2D eigenvalue weighted by Crippen LogP contribution is -2.47. The number of carbonyl (C=O) groups excluding carboxylic acids is 1. The zero-order valence-corrected chi connectivity index (χ0v) is 15.0. The summed E-state index contributed by atoms with van der Waals surface area (Å²) in [6.45, 7) is 4.94. The summed E-state index contributed by atoms with van der Waals surface area (Å²) in [4.78, 5) is 13.9. The molecule has 0 aromatic heterocycles. The van der Waals surface area contributed by atoms with Gasteiger partial charge >= 0.3 is 0 Å².